The molecule has 1 N–H and O–H groups in total. The molecule has 0 aliphatic carbocycles. The Labute approximate surface area is 95.1 Å². The lowest BCUT2D eigenvalue weighted by atomic mass is 10.2. The van der Waals surface area contributed by atoms with Crippen LogP contribution >= 0.6 is 0 Å². The van der Waals surface area contributed by atoms with Crippen molar-refractivity contribution in [3.63, 3.8) is 0 Å². The summed E-state index contributed by atoms with van der Waals surface area (Å²) >= 11 is 0. The van der Waals surface area contributed by atoms with Crippen molar-refractivity contribution < 1.29 is 6.16 Å². The van der Waals surface area contributed by atoms with Crippen molar-refractivity contribution in [2.75, 3.05) is 19.5 Å². The highest BCUT2D eigenvalue weighted by atomic mass is 16.5. The normalized spacial score (nSPS) is 8.87. The van der Waals surface area contributed by atoms with Crippen LogP contribution in [0.5, 0.6) is 5.75 Å². The summed E-state index contributed by atoms with van der Waals surface area (Å²) in [4.78, 5) is 0. The van der Waals surface area contributed by atoms with Crippen LogP contribution in [0.25, 0.3) is 0 Å². The van der Waals surface area contributed by atoms with Crippen LogP contribution in [-0.2, 0) is 0 Å². The summed E-state index contributed by atoms with van der Waals surface area (Å²) in [5.41, 5.74) is 2.27. The zero-order valence-electron chi connectivity index (χ0n) is 10.6. The fourth-order valence-corrected chi connectivity index (χ4v) is 1.02. The topological polar surface area (TPSA) is 21.3 Å². The van der Waals surface area contributed by atoms with Gasteiger partial charge in [0.2, 0.25) is 0 Å². The first-order valence-electron chi connectivity index (χ1n) is 5.51. The van der Waals surface area contributed by atoms with Gasteiger partial charge in [-0.15, -0.1) is 0 Å². The Balaban J connectivity index is 0. The lowest BCUT2D eigenvalue weighted by Crippen LogP contribution is -1.93. The van der Waals surface area contributed by atoms with Crippen LogP contribution < -0.4 is 10.1 Å². The van der Waals surface area contributed by atoms with Gasteiger partial charge >= 0.3 is 0 Å². The number of nitrogens with one attached hydrogen (secondary N) is 1. The van der Waals surface area contributed by atoms with Gasteiger partial charge in [-0.05, 0) is 24.6 Å². The first kappa shape index (κ1) is 13.8. The quantitative estimate of drug-likeness (QED) is 0.812. The fraction of sp³-hybridized carbons (Fsp3) is 0.538. The number of hydrogen-bond acceptors (Lipinski definition) is 2. The van der Waals surface area contributed by atoms with E-state index in [2.05, 4.69) is 32.2 Å². The molecule has 1 aromatic rings. The Bertz CT molecular complexity index is 275. The van der Waals surface area contributed by atoms with Crippen molar-refractivity contribution in [2.24, 2.45) is 0 Å². The molecule has 0 aliphatic rings. The van der Waals surface area contributed by atoms with E-state index in [-0.39, 0.29) is 1.43 Å². The Morgan fingerprint density at radius 3 is 2.27 bits per heavy atom. The molecule has 0 heterocycles. The summed E-state index contributed by atoms with van der Waals surface area (Å²) in [6, 6.07) is 6.04. The number of ether oxygens (including phenoxy) is 1. The van der Waals surface area contributed by atoms with E-state index in [0.717, 1.165) is 11.4 Å². The third kappa shape index (κ3) is 5.31. The molecule has 0 amide bonds. The van der Waals surface area contributed by atoms with E-state index < -0.39 is 0 Å². The molecule has 0 saturated carbocycles. The summed E-state index contributed by atoms with van der Waals surface area (Å²) in [5, 5.41) is 3.06. The van der Waals surface area contributed by atoms with E-state index >= 15 is 0 Å². The Hall–Kier alpha value is -1.18. The van der Waals surface area contributed by atoms with E-state index in [9.17, 15) is 0 Å². The number of aryl methyl sites for hydroxylation is 1. The molecule has 0 bridgehead atoms. The number of hydrogen-bond donors (Lipinski definition) is 1. The van der Waals surface area contributed by atoms with Crippen molar-refractivity contribution >= 4 is 5.69 Å². The third-order valence-electron chi connectivity index (χ3n) is 2.12. The second-order valence-corrected chi connectivity index (χ2v) is 3.45. The SMILES string of the molecule is CCCC.CNc1cc(C)ccc1OC.[HH]. The molecular weight excluding hydrogens is 186 g/mol. The predicted octanol–water partition coefficient (Wildman–Crippen LogP) is 4.10. The van der Waals surface area contributed by atoms with E-state index in [1.165, 1.54) is 18.4 Å². The molecule has 0 saturated heterocycles. The van der Waals surface area contributed by atoms with Gasteiger partial charge in [-0.3, -0.25) is 0 Å². The van der Waals surface area contributed by atoms with E-state index in [1.807, 2.05) is 19.2 Å². The van der Waals surface area contributed by atoms with E-state index in [4.69, 9.17) is 4.74 Å². The van der Waals surface area contributed by atoms with Crippen LogP contribution in [0.1, 0.15) is 33.7 Å². The Morgan fingerprint density at radius 1 is 1.27 bits per heavy atom. The van der Waals surface area contributed by atoms with Gasteiger partial charge in [0, 0.05) is 8.47 Å². The molecule has 88 valence electrons. The van der Waals surface area contributed by atoms with E-state index in [0.29, 0.717) is 0 Å². The number of benzene rings is 1. The number of unbranched alkanes of at least 4 members (excludes halogenated alkanes) is 1. The van der Waals surface area contributed by atoms with Crippen LogP contribution in [0.4, 0.5) is 5.69 Å². The van der Waals surface area contributed by atoms with Crippen molar-refractivity contribution in [1.82, 2.24) is 0 Å². The molecule has 0 spiro atoms. The average molecular weight is 211 g/mol. The van der Waals surface area contributed by atoms with Crippen LogP contribution in [0, 0.1) is 6.92 Å². The molecule has 0 radical (unpaired) electrons. The fourth-order valence-electron chi connectivity index (χ4n) is 1.02. The van der Waals surface area contributed by atoms with Gasteiger partial charge in [-0.25, -0.2) is 0 Å². The van der Waals surface area contributed by atoms with Gasteiger partial charge < -0.3 is 10.1 Å². The average Bonchev–Trinajstić information content (AvgIpc) is 2.29. The summed E-state index contributed by atoms with van der Waals surface area (Å²) in [7, 11) is 3.56. The number of anilines is 1. The van der Waals surface area contributed by atoms with Gasteiger partial charge in [0.25, 0.3) is 0 Å². The molecule has 1 aromatic carbocycles. The number of methoxy groups -OCH3 is 1. The lowest BCUT2D eigenvalue weighted by Gasteiger charge is -2.07. The molecule has 0 unspecified atom stereocenters. The minimum absolute atomic E-state index is 0. The summed E-state index contributed by atoms with van der Waals surface area (Å²) in [6.45, 7) is 6.42. The minimum Gasteiger partial charge on any atom is -0.495 e. The minimum atomic E-state index is 0. The first-order chi connectivity index (χ1) is 7.19. The van der Waals surface area contributed by atoms with Crippen LogP contribution in [0.2, 0.25) is 0 Å². The van der Waals surface area contributed by atoms with Crippen molar-refractivity contribution in [1.29, 1.82) is 0 Å². The summed E-state index contributed by atoms with van der Waals surface area (Å²) in [5.74, 6) is 0.887. The molecule has 15 heavy (non-hydrogen) atoms. The monoisotopic (exact) mass is 211 g/mol. The van der Waals surface area contributed by atoms with Gasteiger partial charge in [-0.1, -0.05) is 32.8 Å². The van der Waals surface area contributed by atoms with Crippen LogP contribution in [0.3, 0.4) is 0 Å². The molecular formula is C13H25NO. The highest BCUT2D eigenvalue weighted by Gasteiger charge is 1.98. The molecule has 2 heteroatoms. The van der Waals surface area contributed by atoms with Crippen LogP contribution in [0.15, 0.2) is 18.2 Å². The largest absolute Gasteiger partial charge is 0.495 e. The Morgan fingerprint density at radius 2 is 1.87 bits per heavy atom. The molecule has 0 aliphatic heterocycles. The third-order valence-corrected chi connectivity index (χ3v) is 2.12. The van der Waals surface area contributed by atoms with E-state index in [1.54, 1.807) is 7.11 Å². The maximum Gasteiger partial charge on any atom is 0.141 e. The van der Waals surface area contributed by atoms with Crippen LogP contribution in [-0.4, -0.2) is 14.2 Å². The maximum atomic E-state index is 5.13. The van der Waals surface area contributed by atoms with Gasteiger partial charge in [0.05, 0.1) is 12.8 Å². The molecule has 0 aromatic heterocycles. The lowest BCUT2D eigenvalue weighted by molar-refractivity contribution is 0.416. The van der Waals surface area contributed by atoms with Crippen molar-refractivity contribution in [3.8, 4) is 5.75 Å². The summed E-state index contributed by atoms with van der Waals surface area (Å²) in [6.07, 6.45) is 2.64. The summed E-state index contributed by atoms with van der Waals surface area (Å²) < 4.78 is 5.13. The smallest absolute Gasteiger partial charge is 0.141 e. The standard InChI is InChI=1S/C9H13NO.C4H10.H2/c1-7-4-5-9(11-3)8(6-7)10-2;1-3-4-2;/h4-6,10H,1-3H3;3-4H2,1-2H3;1H. The van der Waals surface area contributed by atoms with Gasteiger partial charge in [-0.2, -0.15) is 0 Å². The molecule has 0 atom stereocenters. The second-order valence-electron chi connectivity index (χ2n) is 3.45. The zero-order valence-corrected chi connectivity index (χ0v) is 10.6. The zero-order chi connectivity index (χ0) is 11.7. The number of rotatable bonds is 3. The molecule has 2 nitrogen and oxygen atoms in total. The van der Waals surface area contributed by atoms with Gasteiger partial charge in [0.1, 0.15) is 5.75 Å². The molecule has 1 rings (SSSR count). The Kier molecular flexibility index (Phi) is 7.51. The predicted molar refractivity (Wildman–Crippen MR) is 70.0 cm³/mol. The highest BCUT2D eigenvalue weighted by molar-refractivity contribution is 5.57. The highest BCUT2D eigenvalue weighted by Crippen LogP contribution is 2.23. The van der Waals surface area contributed by atoms with Crippen molar-refractivity contribution in [2.45, 2.75) is 33.6 Å². The molecule has 0 fully saturated rings. The second kappa shape index (κ2) is 8.16. The van der Waals surface area contributed by atoms with Crippen molar-refractivity contribution in [3.05, 3.63) is 23.8 Å². The van der Waals surface area contributed by atoms with Gasteiger partial charge in [0.15, 0.2) is 0 Å². The maximum absolute atomic E-state index is 5.13. The first-order valence-corrected chi connectivity index (χ1v) is 5.51.